The third kappa shape index (κ3) is 11.7. The maximum absolute atomic E-state index is 11.9. The van der Waals surface area contributed by atoms with Crippen LogP contribution in [0.3, 0.4) is 0 Å². The Morgan fingerprint density at radius 2 is 1.14 bits per heavy atom. The number of nitrogens with zero attached hydrogens (tertiary/aromatic N) is 3. The summed E-state index contributed by atoms with van der Waals surface area (Å²) in [4.78, 5) is 69.5. The highest BCUT2D eigenvalue weighted by Gasteiger charge is 2.20. The summed E-state index contributed by atoms with van der Waals surface area (Å²) in [6, 6.07) is 6.91. The van der Waals surface area contributed by atoms with Crippen molar-refractivity contribution in [2.75, 3.05) is 26.6 Å². The molecule has 16 heteroatoms. The molecule has 0 bridgehead atoms. The third-order valence-corrected chi connectivity index (χ3v) is 4.23. The highest BCUT2D eigenvalue weighted by atomic mass is 16.5. The number of hydrogen-bond acceptors (Lipinski definition) is 10. The molecule has 6 amide bonds. The summed E-state index contributed by atoms with van der Waals surface area (Å²) >= 11 is 0. The third-order valence-electron chi connectivity index (χ3n) is 4.23. The van der Waals surface area contributed by atoms with Crippen molar-refractivity contribution in [1.29, 1.82) is 0 Å². The van der Waals surface area contributed by atoms with Gasteiger partial charge in [0.05, 0.1) is 0 Å². The lowest BCUT2D eigenvalue weighted by atomic mass is 10.2. The molecule has 0 heterocycles. The van der Waals surface area contributed by atoms with E-state index in [1.807, 2.05) is 17.6 Å². The zero-order chi connectivity index (χ0) is 27.3. The molecule has 1 aromatic carbocycles. The van der Waals surface area contributed by atoms with E-state index in [1.165, 1.54) is 0 Å². The molecule has 0 spiro atoms. The number of carbonyl (C=O) groups is 6. The summed E-state index contributed by atoms with van der Waals surface area (Å²) < 4.78 is 5.24. The first-order valence-electron chi connectivity index (χ1n) is 10.3. The quantitative estimate of drug-likeness (QED) is 0.0742. The van der Waals surface area contributed by atoms with Crippen molar-refractivity contribution in [3.8, 4) is 5.75 Å². The summed E-state index contributed by atoms with van der Waals surface area (Å²) in [7, 11) is 0. The molecule has 0 fully saturated rings. The Kier molecular flexibility index (Phi) is 12.3. The molecule has 0 aliphatic heterocycles. The van der Waals surface area contributed by atoms with Crippen LogP contribution in [-0.4, -0.2) is 92.9 Å². The van der Waals surface area contributed by atoms with Crippen molar-refractivity contribution in [2.24, 2.45) is 0 Å². The van der Waals surface area contributed by atoms with Gasteiger partial charge in [-0.25, -0.2) is 15.2 Å². The first-order valence-corrected chi connectivity index (χ1v) is 10.3. The van der Waals surface area contributed by atoms with Gasteiger partial charge in [-0.1, -0.05) is 17.7 Å². The highest BCUT2D eigenvalue weighted by molar-refractivity contribution is 5.98. The minimum atomic E-state index is -1.13. The lowest BCUT2D eigenvalue weighted by Gasteiger charge is -2.18. The number of amides is 6. The Hall–Kier alpha value is -4.28. The van der Waals surface area contributed by atoms with Crippen LogP contribution in [-0.2, 0) is 28.8 Å². The van der Waals surface area contributed by atoms with Crippen LogP contribution in [0.15, 0.2) is 24.3 Å². The van der Waals surface area contributed by atoms with Crippen LogP contribution >= 0.6 is 0 Å². The summed E-state index contributed by atoms with van der Waals surface area (Å²) in [5.41, 5.74) is 1.01. The summed E-state index contributed by atoms with van der Waals surface area (Å²) in [6.45, 7) is 0.557. The second-order valence-electron chi connectivity index (χ2n) is 7.23. The van der Waals surface area contributed by atoms with E-state index in [0.717, 1.165) is 12.5 Å². The zero-order valence-electron chi connectivity index (χ0n) is 19.6. The van der Waals surface area contributed by atoms with Crippen LogP contribution in [0.2, 0.25) is 0 Å². The molecule has 6 N–H and O–H groups in total. The molecule has 198 valence electrons. The van der Waals surface area contributed by atoms with Crippen molar-refractivity contribution < 1.29 is 49.1 Å². The van der Waals surface area contributed by atoms with Gasteiger partial charge in [0.2, 0.25) is 17.7 Å². The molecule has 0 aromatic heterocycles. The molecule has 16 nitrogen and oxygen atoms in total. The van der Waals surface area contributed by atoms with E-state index < -0.39 is 68.3 Å². The molecule has 0 atom stereocenters. The average Bonchev–Trinajstić information content (AvgIpc) is 2.83. The maximum atomic E-state index is 11.9. The van der Waals surface area contributed by atoms with Gasteiger partial charge in [-0.15, -0.1) is 0 Å². The SMILES string of the molecule is CC(=O)N(O)CNC(=O)CC(=O)N(O)CNC(=O)CC(=O)N(O)CNC(=O)COc1ccc(C)cc1. The molecule has 1 rings (SSSR count). The molecular formula is C20H28N6O10. The smallest absolute Gasteiger partial charge is 0.259 e. The van der Waals surface area contributed by atoms with E-state index in [1.54, 1.807) is 24.3 Å². The Bertz CT molecular complexity index is 955. The molecule has 0 aliphatic rings. The number of hydrogen-bond donors (Lipinski definition) is 6. The lowest BCUT2D eigenvalue weighted by molar-refractivity contribution is -0.170. The predicted molar refractivity (Wildman–Crippen MR) is 117 cm³/mol. The van der Waals surface area contributed by atoms with E-state index in [9.17, 15) is 39.2 Å². The van der Waals surface area contributed by atoms with Crippen LogP contribution in [0.4, 0.5) is 0 Å². The fourth-order valence-corrected chi connectivity index (χ4v) is 2.19. The predicted octanol–water partition coefficient (Wildman–Crippen LogP) is -1.95. The normalized spacial score (nSPS) is 10.0. The minimum absolute atomic E-state index is 0.00533. The number of nitrogens with one attached hydrogen (secondary N) is 3. The van der Waals surface area contributed by atoms with Gasteiger partial charge < -0.3 is 20.7 Å². The number of hydroxylamine groups is 6. The summed E-state index contributed by atoms with van der Waals surface area (Å²) in [5.74, 6) is -5.08. The standard InChI is InChI=1S/C20H28N6O10/c1-13-3-5-15(6-4-13)36-9-18(30)23-12-26(35)20(32)8-17(29)22-11-25(34)19(31)7-16(28)21-10-24(33)14(2)27/h3-6,33-35H,7-12H2,1-2H3,(H,21,28)(H,22,29)(H,23,30). The van der Waals surface area contributed by atoms with Gasteiger partial charge in [0.25, 0.3) is 17.7 Å². The molecule has 0 saturated heterocycles. The van der Waals surface area contributed by atoms with Crippen LogP contribution in [0, 0.1) is 6.92 Å². The van der Waals surface area contributed by atoms with Crippen LogP contribution in [0.25, 0.3) is 0 Å². The summed E-state index contributed by atoms with van der Waals surface area (Å²) in [5, 5.41) is 34.9. The van der Waals surface area contributed by atoms with Gasteiger partial charge in [0.15, 0.2) is 6.61 Å². The Balaban J connectivity index is 2.28. The Morgan fingerprint density at radius 3 is 1.58 bits per heavy atom. The van der Waals surface area contributed by atoms with E-state index in [0.29, 0.717) is 5.75 Å². The monoisotopic (exact) mass is 512 g/mol. The first-order chi connectivity index (χ1) is 16.9. The van der Waals surface area contributed by atoms with Gasteiger partial charge in [-0.05, 0) is 19.1 Å². The van der Waals surface area contributed by atoms with Crippen molar-refractivity contribution in [3.05, 3.63) is 29.8 Å². The minimum Gasteiger partial charge on any atom is -0.484 e. The van der Waals surface area contributed by atoms with Crippen LogP contribution in [0.5, 0.6) is 5.75 Å². The van der Waals surface area contributed by atoms with Crippen LogP contribution < -0.4 is 20.7 Å². The highest BCUT2D eigenvalue weighted by Crippen LogP contribution is 2.10. The van der Waals surface area contributed by atoms with E-state index >= 15 is 0 Å². The molecule has 1 aromatic rings. The molecule has 0 unspecified atom stereocenters. The van der Waals surface area contributed by atoms with Gasteiger partial charge in [-0.2, -0.15) is 0 Å². The maximum Gasteiger partial charge on any atom is 0.259 e. The topological polar surface area (TPSA) is 218 Å². The summed E-state index contributed by atoms with van der Waals surface area (Å²) in [6.07, 6.45) is -1.75. The van der Waals surface area contributed by atoms with Gasteiger partial charge >= 0.3 is 0 Å². The fourth-order valence-electron chi connectivity index (χ4n) is 2.19. The van der Waals surface area contributed by atoms with Gasteiger partial charge in [-0.3, -0.25) is 44.4 Å². The van der Waals surface area contributed by atoms with Crippen molar-refractivity contribution >= 4 is 35.4 Å². The fraction of sp³-hybridized carbons (Fsp3) is 0.400. The first kappa shape index (κ1) is 29.8. The van der Waals surface area contributed by atoms with E-state index in [4.69, 9.17) is 9.94 Å². The number of ether oxygens (including phenoxy) is 1. The molecule has 0 radical (unpaired) electrons. The molecular weight excluding hydrogens is 484 g/mol. The average molecular weight is 512 g/mol. The Labute approximate surface area is 205 Å². The van der Waals surface area contributed by atoms with Crippen LogP contribution in [0.1, 0.15) is 25.3 Å². The van der Waals surface area contributed by atoms with Crippen molar-refractivity contribution in [1.82, 2.24) is 31.1 Å². The lowest BCUT2D eigenvalue weighted by Crippen LogP contribution is -2.45. The second kappa shape index (κ2) is 14.9. The van der Waals surface area contributed by atoms with E-state index in [-0.39, 0.29) is 21.8 Å². The molecule has 36 heavy (non-hydrogen) atoms. The number of benzene rings is 1. The zero-order valence-corrected chi connectivity index (χ0v) is 19.6. The molecule has 0 aliphatic carbocycles. The number of carbonyl (C=O) groups excluding carboxylic acids is 6. The number of aryl methyl sites for hydroxylation is 1. The van der Waals surface area contributed by atoms with Crippen molar-refractivity contribution in [2.45, 2.75) is 26.7 Å². The Morgan fingerprint density at radius 1 is 0.722 bits per heavy atom. The van der Waals surface area contributed by atoms with Gasteiger partial charge in [0, 0.05) is 6.92 Å². The second-order valence-corrected chi connectivity index (χ2v) is 7.23. The largest absolute Gasteiger partial charge is 0.484 e. The van der Waals surface area contributed by atoms with Gasteiger partial charge in [0.1, 0.15) is 38.6 Å². The van der Waals surface area contributed by atoms with E-state index in [2.05, 4.69) is 5.32 Å². The number of rotatable bonds is 13. The van der Waals surface area contributed by atoms with Crippen molar-refractivity contribution in [3.63, 3.8) is 0 Å². The molecule has 0 saturated carbocycles.